The van der Waals surface area contributed by atoms with Crippen LogP contribution in [0.1, 0.15) is 132 Å². The third kappa shape index (κ3) is 4.42. The lowest BCUT2D eigenvalue weighted by Crippen LogP contribution is -2.65. The minimum atomic E-state index is -1.27. The van der Waals surface area contributed by atoms with Gasteiger partial charge in [0.1, 0.15) is 12.2 Å². The number of aliphatic hydroxyl groups excluding tert-OH is 4. The van der Waals surface area contributed by atoms with Gasteiger partial charge in [-0.1, -0.05) is 54.9 Å². The molecule has 5 rings (SSSR count). The lowest BCUT2D eigenvalue weighted by Gasteiger charge is -2.73. The zero-order chi connectivity index (χ0) is 28.6. The molecule has 0 aromatic heterocycles. The molecular formula is C35H62O4. The fraction of sp³-hybridized carbons (Fsp3) is 1.00. The van der Waals surface area contributed by atoms with E-state index in [1.54, 1.807) is 0 Å². The van der Waals surface area contributed by atoms with Gasteiger partial charge in [-0.15, -0.1) is 0 Å². The van der Waals surface area contributed by atoms with Crippen LogP contribution in [0.5, 0.6) is 0 Å². The summed E-state index contributed by atoms with van der Waals surface area (Å²) >= 11 is 0. The first kappa shape index (κ1) is 30.3. The standard InChI is InChI=1S/C35H62O4/c1-22(9-10-25(37)30(39)26(38)21-36)23-13-18-32(4)24(23)14-19-34(6)28(32)11-12-29-33(5)17-8-16-31(2,3)27(33)15-20-35(29,34)7/h22-30,36-39H,8-21H2,1-7H3/t22-,23+,24+,25-,26+,27+,28-,29-,30-,32+,33+,34-,35-/m1/s1. The van der Waals surface area contributed by atoms with Gasteiger partial charge in [0.15, 0.2) is 0 Å². The maximum atomic E-state index is 10.4. The monoisotopic (exact) mass is 546 g/mol. The molecule has 39 heavy (non-hydrogen) atoms. The van der Waals surface area contributed by atoms with E-state index < -0.39 is 24.9 Å². The van der Waals surface area contributed by atoms with E-state index in [-0.39, 0.29) is 0 Å². The SMILES string of the molecule is C[C@H](CC[C@@H](O)[C@@H](O)[C@@H](O)CO)[C@@H]1CC[C@]2(C)[C@H]3CC[C@@H]4[C@@]5(C)CCCC(C)(C)[C@@H]5CC[C@@]4(C)[C@]3(C)CC[C@@H]12. The molecule has 0 aromatic carbocycles. The molecule has 5 aliphatic carbocycles. The van der Waals surface area contributed by atoms with Crippen molar-refractivity contribution in [1.29, 1.82) is 0 Å². The summed E-state index contributed by atoms with van der Waals surface area (Å²) in [6, 6.07) is 0. The Balaban J connectivity index is 1.33. The van der Waals surface area contributed by atoms with Gasteiger partial charge in [0.2, 0.25) is 0 Å². The molecule has 0 aromatic rings. The molecule has 4 N–H and O–H groups in total. The van der Waals surface area contributed by atoms with E-state index in [9.17, 15) is 15.3 Å². The van der Waals surface area contributed by atoms with Gasteiger partial charge in [0.25, 0.3) is 0 Å². The van der Waals surface area contributed by atoms with E-state index in [0.717, 1.165) is 30.1 Å². The molecule has 0 unspecified atom stereocenters. The van der Waals surface area contributed by atoms with Crippen molar-refractivity contribution in [3.05, 3.63) is 0 Å². The molecule has 13 atom stereocenters. The molecule has 5 saturated carbocycles. The summed E-state index contributed by atoms with van der Waals surface area (Å²) in [5, 5.41) is 39.5. The van der Waals surface area contributed by atoms with Crippen LogP contribution in [0, 0.1) is 62.6 Å². The number of aliphatic hydroxyl groups is 4. The van der Waals surface area contributed by atoms with Gasteiger partial charge >= 0.3 is 0 Å². The van der Waals surface area contributed by atoms with Crippen LogP contribution in [0.25, 0.3) is 0 Å². The molecule has 0 bridgehead atoms. The smallest absolute Gasteiger partial charge is 0.108 e. The van der Waals surface area contributed by atoms with Crippen molar-refractivity contribution >= 4 is 0 Å². The zero-order valence-electron chi connectivity index (χ0n) is 26.4. The molecule has 0 spiro atoms. The van der Waals surface area contributed by atoms with Crippen molar-refractivity contribution in [1.82, 2.24) is 0 Å². The van der Waals surface area contributed by atoms with Gasteiger partial charge in [0, 0.05) is 0 Å². The van der Waals surface area contributed by atoms with E-state index in [2.05, 4.69) is 48.5 Å². The summed E-state index contributed by atoms with van der Waals surface area (Å²) in [5.41, 5.74) is 2.27. The van der Waals surface area contributed by atoms with Crippen molar-refractivity contribution in [2.75, 3.05) is 6.61 Å². The van der Waals surface area contributed by atoms with Crippen molar-refractivity contribution in [2.24, 2.45) is 62.6 Å². The minimum absolute atomic E-state index is 0.411. The topological polar surface area (TPSA) is 80.9 Å². The van der Waals surface area contributed by atoms with Gasteiger partial charge in [-0.25, -0.2) is 0 Å². The first-order chi connectivity index (χ1) is 18.2. The number of rotatable bonds is 7. The number of hydrogen-bond donors (Lipinski definition) is 4. The average molecular weight is 547 g/mol. The minimum Gasteiger partial charge on any atom is -0.394 e. The Morgan fingerprint density at radius 2 is 1.26 bits per heavy atom. The van der Waals surface area contributed by atoms with Gasteiger partial charge in [-0.05, 0) is 140 Å². The highest BCUT2D eigenvalue weighted by molar-refractivity contribution is 5.19. The Morgan fingerprint density at radius 3 is 1.90 bits per heavy atom. The molecule has 0 aliphatic heterocycles. The maximum absolute atomic E-state index is 10.4. The molecule has 0 amide bonds. The molecule has 5 aliphatic rings. The number of hydrogen-bond acceptors (Lipinski definition) is 4. The Morgan fingerprint density at radius 1 is 0.641 bits per heavy atom. The molecule has 0 saturated heterocycles. The molecule has 4 heteroatoms. The Labute approximate surface area is 239 Å². The second kappa shape index (κ2) is 10.2. The van der Waals surface area contributed by atoms with Crippen LogP contribution in [-0.4, -0.2) is 45.3 Å². The molecule has 0 radical (unpaired) electrons. The zero-order valence-corrected chi connectivity index (χ0v) is 26.4. The maximum Gasteiger partial charge on any atom is 0.108 e. The first-order valence-electron chi connectivity index (χ1n) is 16.8. The largest absolute Gasteiger partial charge is 0.394 e. The normalized spacial score (nSPS) is 50.1. The van der Waals surface area contributed by atoms with Gasteiger partial charge in [0.05, 0.1) is 12.7 Å². The van der Waals surface area contributed by atoms with Crippen LogP contribution < -0.4 is 0 Å². The van der Waals surface area contributed by atoms with Crippen LogP contribution in [-0.2, 0) is 0 Å². The summed E-state index contributed by atoms with van der Waals surface area (Å²) in [6.07, 6.45) is 13.2. The third-order valence-electron chi connectivity index (χ3n) is 15.4. The van der Waals surface area contributed by atoms with Crippen LogP contribution in [0.4, 0.5) is 0 Å². The van der Waals surface area contributed by atoms with Gasteiger partial charge in [-0.2, -0.15) is 0 Å². The molecule has 4 nitrogen and oxygen atoms in total. The summed E-state index contributed by atoms with van der Waals surface area (Å²) in [6.45, 7) is 17.9. The third-order valence-corrected chi connectivity index (χ3v) is 15.4. The Hall–Kier alpha value is -0.160. The van der Waals surface area contributed by atoms with E-state index >= 15 is 0 Å². The van der Waals surface area contributed by atoms with Crippen LogP contribution >= 0.6 is 0 Å². The molecule has 0 heterocycles. The Bertz CT molecular complexity index is 888. The fourth-order valence-corrected chi connectivity index (χ4v) is 13.2. The summed E-state index contributed by atoms with van der Waals surface area (Å²) in [7, 11) is 0. The van der Waals surface area contributed by atoms with Crippen LogP contribution in [0.15, 0.2) is 0 Å². The lowest BCUT2D eigenvalue weighted by atomic mass is 9.32. The Kier molecular flexibility index (Phi) is 7.95. The summed E-state index contributed by atoms with van der Waals surface area (Å²) in [5.74, 6) is 4.50. The van der Waals surface area contributed by atoms with Crippen molar-refractivity contribution < 1.29 is 20.4 Å². The van der Waals surface area contributed by atoms with Crippen molar-refractivity contribution in [3.8, 4) is 0 Å². The molecule has 226 valence electrons. The highest BCUT2D eigenvalue weighted by atomic mass is 16.4. The van der Waals surface area contributed by atoms with Gasteiger partial charge in [-0.3, -0.25) is 0 Å². The average Bonchev–Trinajstić information content (AvgIpc) is 3.23. The van der Waals surface area contributed by atoms with Crippen molar-refractivity contribution in [2.45, 2.75) is 150 Å². The predicted molar refractivity (Wildman–Crippen MR) is 158 cm³/mol. The molecular weight excluding hydrogens is 484 g/mol. The fourth-order valence-electron chi connectivity index (χ4n) is 13.2. The second-order valence-corrected chi connectivity index (χ2v) is 17.2. The summed E-state index contributed by atoms with van der Waals surface area (Å²) in [4.78, 5) is 0. The van der Waals surface area contributed by atoms with E-state index in [1.807, 2.05) is 0 Å². The lowest BCUT2D eigenvalue weighted by molar-refractivity contribution is -0.241. The van der Waals surface area contributed by atoms with Gasteiger partial charge < -0.3 is 20.4 Å². The quantitative estimate of drug-likeness (QED) is 0.278. The first-order valence-corrected chi connectivity index (χ1v) is 16.8. The van der Waals surface area contributed by atoms with E-state index in [1.165, 1.54) is 70.6 Å². The molecule has 5 fully saturated rings. The van der Waals surface area contributed by atoms with Crippen LogP contribution in [0.2, 0.25) is 0 Å². The predicted octanol–water partition coefficient (Wildman–Crippen LogP) is 6.97. The van der Waals surface area contributed by atoms with Crippen LogP contribution in [0.3, 0.4) is 0 Å². The second-order valence-electron chi connectivity index (χ2n) is 17.2. The summed E-state index contributed by atoms with van der Waals surface area (Å²) < 4.78 is 0. The van der Waals surface area contributed by atoms with E-state index in [4.69, 9.17) is 5.11 Å². The van der Waals surface area contributed by atoms with E-state index in [0.29, 0.717) is 45.3 Å². The highest BCUT2D eigenvalue weighted by Gasteiger charge is 2.70. The number of fused-ring (bicyclic) bond motifs is 7. The highest BCUT2D eigenvalue weighted by Crippen LogP contribution is 2.78. The van der Waals surface area contributed by atoms with Crippen molar-refractivity contribution in [3.63, 3.8) is 0 Å².